The van der Waals surface area contributed by atoms with E-state index in [0.29, 0.717) is 22.2 Å². The van der Waals surface area contributed by atoms with Gasteiger partial charge >= 0.3 is 0 Å². The summed E-state index contributed by atoms with van der Waals surface area (Å²) in [6.07, 6.45) is 17.0. The molecule has 0 aliphatic heterocycles. The van der Waals surface area contributed by atoms with Gasteiger partial charge in [0.25, 0.3) is 0 Å². The number of aliphatic hydroxyl groups excluding tert-OH is 1. The molecule has 0 saturated heterocycles. The highest BCUT2D eigenvalue weighted by Crippen LogP contribution is 2.79. The van der Waals surface area contributed by atoms with Gasteiger partial charge in [-0.15, -0.1) is 0 Å². The third-order valence-electron chi connectivity index (χ3n) is 12.1. The van der Waals surface area contributed by atoms with Gasteiger partial charge in [-0.25, -0.2) is 0 Å². The number of rotatable bonds is 5. The van der Waals surface area contributed by atoms with Crippen molar-refractivity contribution in [1.82, 2.24) is 0 Å². The Balaban J connectivity index is 1.32. The molecular weight excluding hydrogens is 352 g/mol. The molecule has 5 aliphatic rings. The van der Waals surface area contributed by atoms with Gasteiger partial charge in [0.05, 0.1) is 6.10 Å². The summed E-state index contributed by atoms with van der Waals surface area (Å²) in [5.41, 5.74) is 1.71. The molecule has 1 spiro atoms. The van der Waals surface area contributed by atoms with Crippen LogP contribution in [0, 0.1) is 57.7 Å². The zero-order valence-electron chi connectivity index (χ0n) is 20.1. The van der Waals surface area contributed by atoms with E-state index in [1.165, 1.54) is 70.6 Å². The molecule has 10 atom stereocenters. The van der Waals surface area contributed by atoms with Crippen molar-refractivity contribution in [3.63, 3.8) is 0 Å². The maximum atomic E-state index is 10.6. The van der Waals surface area contributed by atoms with Crippen molar-refractivity contribution >= 4 is 0 Å². The molecule has 0 aromatic rings. The summed E-state index contributed by atoms with van der Waals surface area (Å²) in [7, 11) is 0. The molecule has 5 aliphatic carbocycles. The maximum absolute atomic E-state index is 10.6. The zero-order valence-corrected chi connectivity index (χ0v) is 20.1. The van der Waals surface area contributed by atoms with E-state index < -0.39 is 0 Å². The Bertz CT molecular complexity index is 626. The Labute approximate surface area is 180 Å². The molecule has 5 rings (SSSR count). The lowest BCUT2D eigenvalue weighted by Gasteiger charge is -2.61. The minimum absolute atomic E-state index is 0.0241. The van der Waals surface area contributed by atoms with Crippen molar-refractivity contribution in [3.8, 4) is 0 Å². The quantitative estimate of drug-likeness (QED) is 0.507. The average molecular weight is 401 g/mol. The van der Waals surface area contributed by atoms with Crippen LogP contribution in [0.3, 0.4) is 0 Å². The van der Waals surface area contributed by atoms with E-state index in [9.17, 15) is 5.11 Å². The molecule has 1 N–H and O–H groups in total. The van der Waals surface area contributed by atoms with E-state index in [1.54, 1.807) is 0 Å². The standard InChI is InChI=1S/C28H48O/c1-18(2)7-6-8-19(3)21-9-10-22-20-11-16-28-17-24(28)25(29)13-15-27(28,5)23(20)12-14-26(21,22)4/h18-25,29H,6-17H2,1-5H3/t19-,20+,21-,22+,23+,24-,25+,26-,27-,28-/m1/s1. The van der Waals surface area contributed by atoms with Crippen LogP contribution in [0.15, 0.2) is 0 Å². The number of hydrogen-bond donors (Lipinski definition) is 1. The second-order valence-electron chi connectivity index (χ2n) is 13.4. The number of aliphatic hydroxyl groups is 1. The molecule has 0 radical (unpaired) electrons. The molecule has 166 valence electrons. The van der Waals surface area contributed by atoms with Crippen molar-refractivity contribution in [2.75, 3.05) is 0 Å². The van der Waals surface area contributed by atoms with Gasteiger partial charge < -0.3 is 5.11 Å². The topological polar surface area (TPSA) is 20.2 Å². The van der Waals surface area contributed by atoms with Gasteiger partial charge in [-0.1, -0.05) is 53.9 Å². The van der Waals surface area contributed by atoms with Crippen LogP contribution >= 0.6 is 0 Å². The highest BCUT2D eigenvalue weighted by molar-refractivity contribution is 5.22. The number of fused-ring (bicyclic) bond motifs is 4. The van der Waals surface area contributed by atoms with Gasteiger partial charge in [0.1, 0.15) is 0 Å². The molecule has 0 aromatic carbocycles. The Morgan fingerprint density at radius 1 is 0.828 bits per heavy atom. The van der Waals surface area contributed by atoms with Crippen LogP contribution in [0.5, 0.6) is 0 Å². The molecule has 0 bridgehead atoms. The Morgan fingerprint density at radius 2 is 1.62 bits per heavy atom. The molecule has 0 heterocycles. The van der Waals surface area contributed by atoms with E-state index >= 15 is 0 Å². The predicted octanol–water partition coefficient (Wildman–Crippen LogP) is 7.47. The monoisotopic (exact) mass is 400 g/mol. The van der Waals surface area contributed by atoms with E-state index in [2.05, 4.69) is 34.6 Å². The van der Waals surface area contributed by atoms with E-state index in [1.807, 2.05) is 0 Å². The smallest absolute Gasteiger partial charge is 0.0574 e. The summed E-state index contributed by atoms with van der Waals surface area (Å²) < 4.78 is 0. The van der Waals surface area contributed by atoms with Gasteiger partial charge in [0.2, 0.25) is 0 Å². The lowest BCUT2D eigenvalue weighted by molar-refractivity contribution is -0.138. The lowest BCUT2D eigenvalue weighted by Crippen LogP contribution is -2.55. The minimum atomic E-state index is 0.0241. The molecule has 1 heteroatoms. The number of hydrogen-bond acceptors (Lipinski definition) is 1. The first-order chi connectivity index (χ1) is 13.7. The average Bonchev–Trinajstić information content (AvgIpc) is 3.31. The van der Waals surface area contributed by atoms with Crippen LogP contribution in [0.25, 0.3) is 0 Å². The van der Waals surface area contributed by atoms with Crippen molar-refractivity contribution < 1.29 is 5.11 Å². The van der Waals surface area contributed by atoms with Gasteiger partial charge in [-0.3, -0.25) is 0 Å². The zero-order chi connectivity index (χ0) is 20.6. The maximum Gasteiger partial charge on any atom is 0.0574 e. The van der Waals surface area contributed by atoms with Crippen molar-refractivity contribution in [3.05, 3.63) is 0 Å². The highest BCUT2D eigenvalue weighted by atomic mass is 16.3. The first-order valence-corrected chi connectivity index (χ1v) is 13.4. The summed E-state index contributed by atoms with van der Waals surface area (Å²) in [5.74, 6) is 6.37. The molecule has 0 aromatic heterocycles. The van der Waals surface area contributed by atoms with E-state index in [4.69, 9.17) is 0 Å². The van der Waals surface area contributed by atoms with Crippen molar-refractivity contribution in [2.45, 2.75) is 118 Å². The van der Waals surface area contributed by atoms with Crippen molar-refractivity contribution in [2.24, 2.45) is 57.7 Å². The predicted molar refractivity (Wildman–Crippen MR) is 122 cm³/mol. The van der Waals surface area contributed by atoms with E-state index in [-0.39, 0.29) is 6.10 Å². The van der Waals surface area contributed by atoms with Gasteiger partial charge in [-0.05, 0) is 115 Å². The van der Waals surface area contributed by atoms with Gasteiger partial charge in [-0.2, -0.15) is 0 Å². The molecule has 5 fully saturated rings. The van der Waals surface area contributed by atoms with E-state index in [0.717, 1.165) is 41.9 Å². The second-order valence-corrected chi connectivity index (χ2v) is 13.4. The van der Waals surface area contributed by atoms with Crippen LogP contribution in [0.1, 0.15) is 112 Å². The first-order valence-electron chi connectivity index (χ1n) is 13.4. The Kier molecular flexibility index (Phi) is 5.02. The second kappa shape index (κ2) is 6.98. The SMILES string of the molecule is CC(C)CCC[C@@H](C)[C@H]1CC[C@H]2[C@@H]3CC[C@@]45C[C@@H]4[C@@H](O)CC[C@]5(C)[C@H]3CC[C@]12C. The fourth-order valence-corrected chi connectivity index (χ4v) is 10.4. The third-order valence-corrected chi connectivity index (χ3v) is 12.1. The summed E-state index contributed by atoms with van der Waals surface area (Å²) in [6, 6.07) is 0. The van der Waals surface area contributed by atoms with Gasteiger partial charge in [0.15, 0.2) is 0 Å². The lowest BCUT2D eigenvalue weighted by atomic mass is 9.43. The minimum Gasteiger partial charge on any atom is -0.393 e. The molecule has 0 amide bonds. The summed E-state index contributed by atoms with van der Waals surface area (Å²) >= 11 is 0. The summed E-state index contributed by atoms with van der Waals surface area (Å²) in [6.45, 7) is 12.8. The molecular formula is C28H48O. The largest absolute Gasteiger partial charge is 0.393 e. The Morgan fingerprint density at radius 3 is 2.38 bits per heavy atom. The Hall–Kier alpha value is -0.0400. The van der Waals surface area contributed by atoms with Crippen LogP contribution in [-0.2, 0) is 0 Å². The molecule has 5 saturated carbocycles. The third kappa shape index (κ3) is 2.87. The first kappa shape index (κ1) is 20.8. The summed E-state index contributed by atoms with van der Waals surface area (Å²) in [5, 5.41) is 10.6. The van der Waals surface area contributed by atoms with Gasteiger partial charge in [0, 0.05) is 0 Å². The van der Waals surface area contributed by atoms with Crippen LogP contribution in [0.4, 0.5) is 0 Å². The van der Waals surface area contributed by atoms with Crippen molar-refractivity contribution in [1.29, 1.82) is 0 Å². The fraction of sp³-hybridized carbons (Fsp3) is 1.00. The highest BCUT2D eigenvalue weighted by Gasteiger charge is 2.73. The molecule has 29 heavy (non-hydrogen) atoms. The van der Waals surface area contributed by atoms with Crippen LogP contribution in [0.2, 0.25) is 0 Å². The normalized spacial score (nSPS) is 54.3. The van der Waals surface area contributed by atoms with Crippen LogP contribution in [-0.4, -0.2) is 11.2 Å². The van der Waals surface area contributed by atoms with Crippen LogP contribution < -0.4 is 0 Å². The fourth-order valence-electron chi connectivity index (χ4n) is 10.4. The summed E-state index contributed by atoms with van der Waals surface area (Å²) in [4.78, 5) is 0. The molecule has 1 nitrogen and oxygen atoms in total. The molecule has 0 unspecified atom stereocenters.